The van der Waals surface area contributed by atoms with E-state index in [1.54, 1.807) is 17.1 Å². The summed E-state index contributed by atoms with van der Waals surface area (Å²) >= 11 is 0. The van der Waals surface area contributed by atoms with Crippen LogP contribution in [-0.2, 0) is 14.1 Å². The Morgan fingerprint density at radius 2 is 1.97 bits per heavy atom. The first-order chi connectivity index (χ1) is 16.5. The molecule has 0 aliphatic carbocycles. The molecule has 10 nitrogen and oxygen atoms in total. The van der Waals surface area contributed by atoms with E-state index in [9.17, 15) is 0 Å². The van der Waals surface area contributed by atoms with Gasteiger partial charge in [0.1, 0.15) is 22.9 Å². The lowest BCUT2D eigenvalue weighted by Crippen LogP contribution is -2.13. The molecule has 0 spiro atoms. The Labute approximate surface area is 196 Å². The number of pyridine rings is 1. The molecule has 1 N–H and O–H groups in total. The zero-order valence-electron chi connectivity index (χ0n) is 19.5. The van der Waals surface area contributed by atoms with Crippen molar-refractivity contribution in [1.82, 2.24) is 39.1 Å². The van der Waals surface area contributed by atoms with Gasteiger partial charge in [-0.1, -0.05) is 0 Å². The van der Waals surface area contributed by atoms with Crippen molar-refractivity contribution in [2.45, 2.75) is 26.3 Å². The van der Waals surface area contributed by atoms with E-state index < -0.39 is 0 Å². The summed E-state index contributed by atoms with van der Waals surface area (Å²) in [6, 6.07) is 8.16. The van der Waals surface area contributed by atoms with E-state index in [1.165, 1.54) is 5.69 Å². The van der Waals surface area contributed by atoms with Crippen molar-refractivity contribution in [2.24, 2.45) is 14.1 Å². The number of fused-ring (bicyclic) bond motifs is 5. The summed E-state index contributed by atoms with van der Waals surface area (Å²) in [6.07, 6.45) is 6.09. The van der Waals surface area contributed by atoms with E-state index in [2.05, 4.69) is 67.6 Å². The van der Waals surface area contributed by atoms with E-state index in [0.717, 1.165) is 34.3 Å². The summed E-state index contributed by atoms with van der Waals surface area (Å²) in [5.74, 6) is 2.52. The fourth-order valence-corrected chi connectivity index (χ4v) is 4.37. The van der Waals surface area contributed by atoms with Crippen LogP contribution < -0.4 is 10.1 Å². The summed E-state index contributed by atoms with van der Waals surface area (Å²) in [5.41, 5.74) is 4.91. The predicted octanol–water partition coefficient (Wildman–Crippen LogP) is 4.02. The minimum atomic E-state index is 0.0987. The number of nitrogens with zero attached hydrogens (tertiary/aromatic N) is 8. The lowest BCUT2D eigenvalue weighted by Gasteiger charge is -2.16. The largest absolute Gasteiger partial charge is 0.477 e. The maximum atomic E-state index is 6.18. The molecule has 5 aromatic rings. The maximum Gasteiger partial charge on any atom is 0.222 e. The van der Waals surface area contributed by atoms with Gasteiger partial charge in [0.25, 0.3) is 0 Å². The Kier molecular flexibility index (Phi) is 4.61. The van der Waals surface area contributed by atoms with Crippen molar-refractivity contribution in [1.29, 1.82) is 0 Å². The van der Waals surface area contributed by atoms with Gasteiger partial charge >= 0.3 is 0 Å². The summed E-state index contributed by atoms with van der Waals surface area (Å²) in [6.45, 7) is 4.75. The topological polar surface area (TPSA) is 100 Å². The highest BCUT2D eigenvalue weighted by Gasteiger charge is 2.21. The monoisotopic (exact) mass is 455 g/mol. The number of hydrogen-bond donors (Lipinski definition) is 1. The van der Waals surface area contributed by atoms with E-state index in [-0.39, 0.29) is 6.04 Å². The molecule has 0 aromatic carbocycles. The molecule has 6 rings (SSSR count). The first-order valence-corrected chi connectivity index (χ1v) is 11.3. The molecule has 5 aromatic heterocycles. The van der Waals surface area contributed by atoms with Crippen LogP contribution >= 0.6 is 0 Å². The fraction of sp³-hybridized carbons (Fsp3) is 0.292. The average molecular weight is 456 g/mol. The second-order valence-corrected chi connectivity index (χ2v) is 8.66. The molecule has 1 aliphatic heterocycles. The second kappa shape index (κ2) is 7.68. The maximum absolute atomic E-state index is 6.18. The van der Waals surface area contributed by atoms with Crippen LogP contribution in [0, 0.1) is 6.92 Å². The smallest absolute Gasteiger partial charge is 0.222 e. The van der Waals surface area contributed by atoms with Crippen molar-refractivity contribution >= 4 is 22.5 Å². The highest BCUT2D eigenvalue weighted by molar-refractivity contribution is 5.93. The number of hydrogen-bond acceptors (Lipinski definition) is 7. The molecule has 0 saturated heterocycles. The molecule has 1 aliphatic rings. The number of aromatic nitrogens is 8. The third-order valence-corrected chi connectivity index (χ3v) is 6.44. The van der Waals surface area contributed by atoms with Gasteiger partial charge in [0.05, 0.1) is 30.1 Å². The van der Waals surface area contributed by atoms with Crippen molar-refractivity contribution in [3.05, 3.63) is 48.5 Å². The van der Waals surface area contributed by atoms with Gasteiger partial charge in [0.15, 0.2) is 5.82 Å². The summed E-state index contributed by atoms with van der Waals surface area (Å²) in [5, 5.41) is 13.7. The van der Waals surface area contributed by atoms with Crippen LogP contribution in [0.25, 0.3) is 33.7 Å². The van der Waals surface area contributed by atoms with Gasteiger partial charge in [-0.05, 0) is 32.0 Å². The number of ether oxygens (including phenoxy) is 1. The molecule has 0 amide bonds. The number of nitrogens with one attached hydrogen (secondary N) is 1. The number of rotatable bonds is 1. The molecule has 10 heteroatoms. The van der Waals surface area contributed by atoms with Crippen LogP contribution in [-0.4, -0.2) is 45.7 Å². The number of aryl methyl sites for hydroxylation is 2. The zero-order chi connectivity index (χ0) is 23.4. The molecule has 1 atom stereocenters. The van der Waals surface area contributed by atoms with Gasteiger partial charge in [-0.15, -0.1) is 0 Å². The Morgan fingerprint density at radius 3 is 2.79 bits per heavy atom. The van der Waals surface area contributed by atoms with Gasteiger partial charge in [-0.25, -0.2) is 19.6 Å². The third-order valence-electron chi connectivity index (χ3n) is 6.44. The van der Waals surface area contributed by atoms with Gasteiger partial charge in [-0.2, -0.15) is 10.2 Å². The van der Waals surface area contributed by atoms with E-state index in [1.807, 2.05) is 25.4 Å². The summed E-state index contributed by atoms with van der Waals surface area (Å²) < 4.78 is 12.1. The summed E-state index contributed by atoms with van der Waals surface area (Å²) in [4.78, 5) is 13.8. The molecule has 0 unspecified atom stereocenters. The van der Waals surface area contributed by atoms with Crippen molar-refractivity contribution in [3.8, 4) is 28.7 Å². The van der Waals surface area contributed by atoms with Crippen LogP contribution in [0.4, 0.5) is 11.6 Å². The van der Waals surface area contributed by atoms with Crippen molar-refractivity contribution in [3.63, 3.8) is 0 Å². The third kappa shape index (κ3) is 3.21. The van der Waals surface area contributed by atoms with Gasteiger partial charge in [0.2, 0.25) is 5.88 Å². The molecule has 34 heavy (non-hydrogen) atoms. The lowest BCUT2D eigenvalue weighted by molar-refractivity contribution is 0.260. The molecule has 172 valence electrons. The van der Waals surface area contributed by atoms with Crippen LogP contribution in [0.5, 0.6) is 5.88 Å². The molecule has 6 heterocycles. The Morgan fingerprint density at radius 1 is 1.09 bits per heavy atom. The standard InChI is InChI=1S/C24H25N9O/c1-14-5-6-18(31(14)3)22-16-12-26-21-11-19(16)33(30-22)15(2)8-10-34-24-17(13-27-32(24)4)23-25-9-7-20(28-21)29-23/h5-7,9,11-13,15H,8,10H2,1-4H3,(H,25,26,28,29)/t15-/m0/s1. The van der Waals surface area contributed by atoms with E-state index in [0.29, 0.717) is 29.9 Å². The Bertz CT molecular complexity index is 1530. The SMILES string of the molecule is Cc1ccc(-c2nn3c4cc(ncc24)Nc2ccnc(n2)-c2cnn(C)c2OCC[C@@H]3C)n1C. The molecular weight excluding hydrogens is 430 g/mol. The first kappa shape index (κ1) is 20.4. The van der Waals surface area contributed by atoms with Gasteiger partial charge < -0.3 is 14.6 Å². The van der Waals surface area contributed by atoms with Crippen LogP contribution in [0.1, 0.15) is 25.1 Å². The molecule has 0 saturated carbocycles. The van der Waals surface area contributed by atoms with Crippen molar-refractivity contribution in [2.75, 3.05) is 11.9 Å². The van der Waals surface area contributed by atoms with Crippen LogP contribution in [0.2, 0.25) is 0 Å². The highest BCUT2D eigenvalue weighted by atomic mass is 16.5. The van der Waals surface area contributed by atoms with Crippen molar-refractivity contribution < 1.29 is 4.74 Å². The molecule has 0 fully saturated rings. The molecule has 0 radical (unpaired) electrons. The molecular formula is C24H25N9O. The molecule has 4 bridgehead atoms. The predicted molar refractivity (Wildman–Crippen MR) is 129 cm³/mol. The quantitative estimate of drug-likeness (QED) is 0.407. The minimum absolute atomic E-state index is 0.0987. The van der Waals surface area contributed by atoms with E-state index >= 15 is 0 Å². The average Bonchev–Trinajstić information content (AvgIpc) is 3.49. The summed E-state index contributed by atoms with van der Waals surface area (Å²) in [7, 11) is 3.91. The first-order valence-electron chi connectivity index (χ1n) is 11.3. The normalized spacial score (nSPS) is 15.6. The van der Waals surface area contributed by atoms with Crippen LogP contribution in [0.3, 0.4) is 0 Å². The zero-order valence-corrected chi connectivity index (χ0v) is 19.5. The van der Waals surface area contributed by atoms with Crippen LogP contribution in [0.15, 0.2) is 42.9 Å². The minimum Gasteiger partial charge on any atom is -0.477 e. The Hall–Kier alpha value is -4.21. The Balaban J connectivity index is 1.52. The van der Waals surface area contributed by atoms with Gasteiger partial charge in [0, 0.05) is 50.1 Å². The number of anilines is 2. The fourth-order valence-electron chi connectivity index (χ4n) is 4.37. The lowest BCUT2D eigenvalue weighted by atomic mass is 10.2. The van der Waals surface area contributed by atoms with Gasteiger partial charge in [-0.3, -0.25) is 4.68 Å². The highest BCUT2D eigenvalue weighted by Crippen LogP contribution is 2.34. The van der Waals surface area contributed by atoms with E-state index in [4.69, 9.17) is 9.84 Å². The second-order valence-electron chi connectivity index (χ2n) is 8.66.